The molecule has 0 radical (unpaired) electrons. The predicted molar refractivity (Wildman–Crippen MR) is 82.8 cm³/mol. The molecule has 1 fully saturated rings. The van der Waals surface area contributed by atoms with Gasteiger partial charge in [0.1, 0.15) is 5.60 Å². The van der Waals surface area contributed by atoms with Crippen molar-refractivity contribution < 1.29 is 9.53 Å². The number of amides is 1. The van der Waals surface area contributed by atoms with Crippen LogP contribution in [-0.4, -0.2) is 41.8 Å². The van der Waals surface area contributed by atoms with Crippen LogP contribution in [0.1, 0.15) is 53.9 Å². The van der Waals surface area contributed by atoms with E-state index < -0.39 is 5.60 Å². The van der Waals surface area contributed by atoms with Crippen molar-refractivity contribution in [3.63, 3.8) is 0 Å². The van der Waals surface area contributed by atoms with Crippen LogP contribution >= 0.6 is 0 Å². The minimum atomic E-state index is -0.448. The molecule has 0 spiro atoms. The molecule has 1 heterocycles. The first-order valence-electron chi connectivity index (χ1n) is 7.85. The molecule has 0 aromatic heterocycles. The van der Waals surface area contributed by atoms with Gasteiger partial charge in [-0.1, -0.05) is 0 Å². The number of nitrogens with one attached hydrogen (secondary N) is 1. The lowest BCUT2D eigenvalue weighted by Crippen LogP contribution is -2.43. The number of likely N-dealkylation sites (tertiary alicyclic amines) is 1. The summed E-state index contributed by atoms with van der Waals surface area (Å²) < 4.78 is 5.47. The van der Waals surface area contributed by atoms with E-state index in [9.17, 15) is 4.79 Å². The van der Waals surface area contributed by atoms with Gasteiger partial charge in [-0.2, -0.15) is 5.26 Å². The van der Waals surface area contributed by atoms with E-state index in [0.717, 1.165) is 25.8 Å². The molecule has 21 heavy (non-hydrogen) atoms. The maximum Gasteiger partial charge on any atom is 0.410 e. The second-order valence-corrected chi connectivity index (χ2v) is 7.04. The number of ether oxygens (including phenoxy) is 1. The van der Waals surface area contributed by atoms with Gasteiger partial charge in [0.15, 0.2) is 0 Å². The van der Waals surface area contributed by atoms with Gasteiger partial charge in [-0.15, -0.1) is 0 Å². The van der Waals surface area contributed by atoms with Crippen molar-refractivity contribution in [2.24, 2.45) is 5.92 Å². The largest absolute Gasteiger partial charge is 0.444 e. The van der Waals surface area contributed by atoms with Crippen LogP contribution in [0.3, 0.4) is 0 Å². The van der Waals surface area contributed by atoms with Gasteiger partial charge < -0.3 is 15.0 Å². The van der Waals surface area contributed by atoms with Crippen LogP contribution in [-0.2, 0) is 4.74 Å². The summed E-state index contributed by atoms with van der Waals surface area (Å²) in [7, 11) is 0. The van der Waals surface area contributed by atoms with Crippen LogP contribution in [0, 0.1) is 17.2 Å². The number of rotatable bonds is 5. The third kappa shape index (κ3) is 6.34. The fraction of sp³-hybridized carbons (Fsp3) is 0.875. The molecule has 0 bridgehead atoms. The van der Waals surface area contributed by atoms with Crippen LogP contribution in [0.2, 0.25) is 0 Å². The monoisotopic (exact) mass is 295 g/mol. The summed E-state index contributed by atoms with van der Waals surface area (Å²) in [5.41, 5.74) is -0.448. The Labute approximate surface area is 128 Å². The SMILES string of the molecule is CC(C#N)CNC(C)CC1CCCN1C(=O)OC(C)(C)C. The van der Waals surface area contributed by atoms with Crippen molar-refractivity contribution in [1.29, 1.82) is 5.26 Å². The van der Waals surface area contributed by atoms with Crippen molar-refractivity contribution in [3.8, 4) is 6.07 Å². The molecule has 1 aliphatic heterocycles. The van der Waals surface area contributed by atoms with Crippen LogP contribution in [0.25, 0.3) is 0 Å². The topological polar surface area (TPSA) is 65.4 Å². The number of carbonyl (C=O) groups is 1. The molecule has 1 amide bonds. The average molecular weight is 295 g/mol. The summed E-state index contributed by atoms with van der Waals surface area (Å²) in [6.45, 7) is 11.2. The summed E-state index contributed by atoms with van der Waals surface area (Å²) in [5, 5.41) is 12.2. The van der Waals surface area contributed by atoms with E-state index in [1.54, 1.807) is 0 Å². The van der Waals surface area contributed by atoms with Gasteiger partial charge in [-0.25, -0.2) is 4.79 Å². The average Bonchev–Trinajstić information content (AvgIpc) is 2.82. The second-order valence-electron chi connectivity index (χ2n) is 7.04. The van der Waals surface area contributed by atoms with Gasteiger partial charge in [0.25, 0.3) is 0 Å². The van der Waals surface area contributed by atoms with E-state index in [4.69, 9.17) is 10.00 Å². The molecule has 0 aliphatic carbocycles. The fourth-order valence-electron chi connectivity index (χ4n) is 2.56. The summed E-state index contributed by atoms with van der Waals surface area (Å²) in [5.74, 6) is 0.0120. The van der Waals surface area contributed by atoms with Crippen LogP contribution in [0.4, 0.5) is 4.79 Å². The number of nitrogens with zero attached hydrogens (tertiary/aromatic N) is 2. The highest BCUT2D eigenvalue weighted by Gasteiger charge is 2.32. The lowest BCUT2D eigenvalue weighted by atomic mass is 10.1. The number of nitriles is 1. The standard InChI is InChI=1S/C16H29N3O2/c1-12(10-17)11-18-13(2)9-14-7-6-8-19(14)15(20)21-16(3,4)5/h12-14,18H,6-9,11H2,1-5H3. The van der Waals surface area contributed by atoms with E-state index in [-0.39, 0.29) is 24.1 Å². The quantitative estimate of drug-likeness (QED) is 0.847. The summed E-state index contributed by atoms with van der Waals surface area (Å²) in [6, 6.07) is 2.74. The Morgan fingerprint density at radius 1 is 1.48 bits per heavy atom. The fourth-order valence-corrected chi connectivity index (χ4v) is 2.56. The van der Waals surface area contributed by atoms with Gasteiger partial charge in [-0.05, 0) is 53.9 Å². The molecular formula is C16H29N3O2. The molecule has 120 valence electrons. The van der Waals surface area contributed by atoms with E-state index in [2.05, 4.69) is 18.3 Å². The normalized spacial score (nSPS) is 21.7. The molecule has 3 unspecified atom stereocenters. The highest BCUT2D eigenvalue weighted by Crippen LogP contribution is 2.24. The third-order valence-electron chi connectivity index (χ3n) is 3.62. The molecule has 0 aromatic rings. The lowest BCUT2D eigenvalue weighted by molar-refractivity contribution is 0.0214. The van der Waals surface area contributed by atoms with E-state index in [1.165, 1.54) is 0 Å². The molecule has 5 nitrogen and oxygen atoms in total. The Hall–Kier alpha value is -1.28. The second kappa shape index (κ2) is 7.65. The van der Waals surface area contributed by atoms with Crippen molar-refractivity contribution >= 4 is 6.09 Å². The van der Waals surface area contributed by atoms with Gasteiger partial charge >= 0.3 is 6.09 Å². The first-order chi connectivity index (χ1) is 9.73. The van der Waals surface area contributed by atoms with Crippen LogP contribution in [0.5, 0.6) is 0 Å². The smallest absolute Gasteiger partial charge is 0.410 e. The van der Waals surface area contributed by atoms with E-state index in [0.29, 0.717) is 6.54 Å². The van der Waals surface area contributed by atoms with Crippen molar-refractivity contribution in [1.82, 2.24) is 10.2 Å². The maximum atomic E-state index is 12.2. The maximum absolute atomic E-state index is 12.2. The molecule has 1 aliphatic rings. The van der Waals surface area contributed by atoms with Gasteiger partial charge in [0.05, 0.1) is 12.0 Å². The number of carbonyl (C=O) groups excluding carboxylic acids is 1. The highest BCUT2D eigenvalue weighted by atomic mass is 16.6. The summed E-state index contributed by atoms with van der Waals surface area (Å²) in [4.78, 5) is 14.1. The molecular weight excluding hydrogens is 266 g/mol. The van der Waals surface area contributed by atoms with Crippen LogP contribution < -0.4 is 5.32 Å². The zero-order valence-corrected chi connectivity index (χ0v) is 14.0. The molecule has 1 saturated heterocycles. The lowest BCUT2D eigenvalue weighted by Gasteiger charge is -2.30. The molecule has 1 N–H and O–H groups in total. The van der Waals surface area contributed by atoms with Gasteiger partial charge in [0, 0.05) is 25.2 Å². The highest BCUT2D eigenvalue weighted by molar-refractivity contribution is 5.68. The van der Waals surface area contributed by atoms with E-state index >= 15 is 0 Å². The minimum absolute atomic E-state index is 0.0120. The third-order valence-corrected chi connectivity index (χ3v) is 3.62. The molecule has 1 rings (SSSR count). The minimum Gasteiger partial charge on any atom is -0.444 e. The Morgan fingerprint density at radius 3 is 2.71 bits per heavy atom. The van der Waals surface area contributed by atoms with E-state index in [1.807, 2.05) is 32.6 Å². The Morgan fingerprint density at radius 2 is 2.14 bits per heavy atom. The summed E-state index contributed by atoms with van der Waals surface area (Å²) in [6.07, 6.45) is 2.75. The number of hydrogen-bond donors (Lipinski definition) is 1. The van der Waals surface area contributed by atoms with Crippen molar-refractivity contribution in [2.45, 2.75) is 71.6 Å². The zero-order valence-electron chi connectivity index (χ0n) is 14.0. The Kier molecular flexibility index (Phi) is 6.47. The molecule has 0 aromatic carbocycles. The first-order valence-corrected chi connectivity index (χ1v) is 7.85. The van der Waals surface area contributed by atoms with Crippen LogP contribution in [0.15, 0.2) is 0 Å². The van der Waals surface area contributed by atoms with Gasteiger partial charge in [0.2, 0.25) is 0 Å². The molecule has 0 saturated carbocycles. The Balaban J connectivity index is 2.46. The Bertz CT molecular complexity index is 384. The first kappa shape index (κ1) is 17.8. The zero-order chi connectivity index (χ0) is 16.0. The van der Waals surface area contributed by atoms with Gasteiger partial charge in [-0.3, -0.25) is 0 Å². The number of hydrogen-bond acceptors (Lipinski definition) is 4. The molecule has 5 heteroatoms. The summed E-state index contributed by atoms with van der Waals surface area (Å²) >= 11 is 0. The van der Waals surface area contributed by atoms with Crippen molar-refractivity contribution in [3.05, 3.63) is 0 Å². The van der Waals surface area contributed by atoms with Crippen molar-refractivity contribution in [2.75, 3.05) is 13.1 Å². The predicted octanol–water partition coefficient (Wildman–Crippen LogP) is 2.91. The molecule has 3 atom stereocenters.